The van der Waals surface area contributed by atoms with Gasteiger partial charge in [0.25, 0.3) is 11.8 Å². The van der Waals surface area contributed by atoms with Crippen molar-refractivity contribution >= 4 is 39.0 Å². The molecule has 0 saturated carbocycles. The molecule has 7 nitrogen and oxygen atoms in total. The van der Waals surface area contributed by atoms with E-state index in [0.717, 1.165) is 71.6 Å². The Hall–Kier alpha value is -4.01. The second-order valence-electron chi connectivity index (χ2n) is 11.9. The average Bonchev–Trinajstić information content (AvgIpc) is 3.48. The van der Waals surface area contributed by atoms with Crippen molar-refractivity contribution in [2.24, 2.45) is 0 Å². The molecule has 5 rings (SSSR count). The number of rotatable bonds is 15. The first-order valence-electron chi connectivity index (χ1n) is 16.7. The predicted octanol–water partition coefficient (Wildman–Crippen LogP) is 7.72. The number of carbonyl (C=O) groups excluding carboxylic acids is 3. The van der Waals surface area contributed by atoms with E-state index in [1.807, 2.05) is 48.5 Å². The number of benzene rings is 3. The minimum absolute atomic E-state index is 0.0948. The molecule has 2 amide bonds. The van der Waals surface area contributed by atoms with Crippen molar-refractivity contribution in [2.75, 3.05) is 39.3 Å². The minimum atomic E-state index is -0.118. The summed E-state index contributed by atoms with van der Waals surface area (Å²) >= 11 is 1.49. The quantitative estimate of drug-likeness (QED) is 0.103. The minimum Gasteiger partial charge on any atom is -0.492 e. The van der Waals surface area contributed by atoms with Crippen molar-refractivity contribution in [3.05, 3.63) is 89.0 Å². The largest absolute Gasteiger partial charge is 0.492 e. The van der Waals surface area contributed by atoms with Crippen LogP contribution in [0.4, 0.5) is 0 Å². The molecule has 0 bridgehead atoms. The summed E-state index contributed by atoms with van der Waals surface area (Å²) in [6.45, 7) is 9.24. The zero-order valence-corrected chi connectivity index (χ0v) is 27.8. The maximum absolute atomic E-state index is 14.2. The molecule has 2 heterocycles. The van der Waals surface area contributed by atoms with E-state index in [1.54, 1.807) is 18.2 Å². The van der Waals surface area contributed by atoms with Gasteiger partial charge in [0.1, 0.15) is 12.4 Å². The molecule has 0 spiro atoms. The molecule has 0 unspecified atom stereocenters. The van der Waals surface area contributed by atoms with Crippen molar-refractivity contribution in [3.63, 3.8) is 0 Å². The molecule has 0 aliphatic carbocycles. The number of unbranched alkanes of at least 4 members (excludes halogenated alkanes) is 2. The lowest BCUT2D eigenvalue weighted by Gasteiger charge is -2.26. The van der Waals surface area contributed by atoms with Crippen LogP contribution in [0.15, 0.2) is 66.7 Å². The number of fused-ring (bicyclic) bond motifs is 1. The molecule has 2 N–H and O–H groups in total. The summed E-state index contributed by atoms with van der Waals surface area (Å²) in [5.74, 6) is 0.426. The van der Waals surface area contributed by atoms with E-state index in [-0.39, 0.29) is 17.6 Å². The number of nitrogens with zero attached hydrogens (tertiary/aromatic N) is 1. The summed E-state index contributed by atoms with van der Waals surface area (Å²) in [6.07, 6.45) is 7.68. The lowest BCUT2D eigenvalue weighted by Crippen LogP contribution is -2.33. The van der Waals surface area contributed by atoms with Gasteiger partial charge in [-0.1, -0.05) is 51.3 Å². The van der Waals surface area contributed by atoms with Gasteiger partial charge in [0.05, 0.1) is 0 Å². The number of hydrogen-bond acceptors (Lipinski definition) is 6. The van der Waals surface area contributed by atoms with Crippen LogP contribution in [0, 0.1) is 0 Å². The summed E-state index contributed by atoms with van der Waals surface area (Å²) in [5.41, 5.74) is 3.16. The van der Waals surface area contributed by atoms with E-state index in [0.29, 0.717) is 42.0 Å². The van der Waals surface area contributed by atoms with Gasteiger partial charge in [-0.05, 0) is 92.9 Å². The van der Waals surface area contributed by atoms with Gasteiger partial charge in [-0.2, -0.15) is 0 Å². The van der Waals surface area contributed by atoms with Gasteiger partial charge >= 0.3 is 0 Å². The second kappa shape index (κ2) is 16.5. The van der Waals surface area contributed by atoms with Crippen molar-refractivity contribution in [1.82, 2.24) is 15.5 Å². The smallest absolute Gasteiger partial charge is 0.251 e. The van der Waals surface area contributed by atoms with Gasteiger partial charge in [-0.25, -0.2) is 0 Å². The Morgan fingerprint density at radius 1 is 0.761 bits per heavy atom. The maximum atomic E-state index is 14.2. The molecular formula is C38H45N3O4S. The zero-order valence-electron chi connectivity index (χ0n) is 27.0. The van der Waals surface area contributed by atoms with E-state index in [9.17, 15) is 14.4 Å². The summed E-state index contributed by atoms with van der Waals surface area (Å²) in [7, 11) is 0. The van der Waals surface area contributed by atoms with Gasteiger partial charge in [0.2, 0.25) is 0 Å². The molecule has 1 aliphatic rings. The Kier molecular flexibility index (Phi) is 12.0. The fourth-order valence-electron chi connectivity index (χ4n) is 5.72. The topological polar surface area (TPSA) is 87.7 Å². The maximum Gasteiger partial charge on any atom is 0.251 e. The average molecular weight is 640 g/mol. The van der Waals surface area contributed by atoms with E-state index in [2.05, 4.69) is 29.4 Å². The van der Waals surface area contributed by atoms with Crippen molar-refractivity contribution in [3.8, 4) is 16.2 Å². The highest BCUT2D eigenvalue weighted by Crippen LogP contribution is 2.40. The third-order valence-electron chi connectivity index (χ3n) is 8.46. The normalized spacial score (nSPS) is 13.4. The Balaban J connectivity index is 1.41. The molecule has 1 saturated heterocycles. The van der Waals surface area contributed by atoms with E-state index >= 15 is 0 Å². The van der Waals surface area contributed by atoms with Crippen LogP contribution in [0.5, 0.6) is 5.75 Å². The van der Waals surface area contributed by atoms with Crippen molar-refractivity contribution in [1.29, 1.82) is 0 Å². The Bertz CT molecular complexity index is 1620. The SMILES string of the molecule is CCCCNC(=O)c1ccc(-c2sc3cc(C(=O)NCCCC)ccc3c2C(=O)c2ccc(OCCN3CCCCC3)cc2)cc1. The highest BCUT2D eigenvalue weighted by molar-refractivity contribution is 7.22. The van der Waals surface area contributed by atoms with Gasteiger partial charge in [0, 0.05) is 56.9 Å². The van der Waals surface area contributed by atoms with E-state index in [1.165, 1.54) is 30.6 Å². The fourth-order valence-corrected chi connectivity index (χ4v) is 6.97. The number of nitrogens with one attached hydrogen (secondary N) is 2. The second-order valence-corrected chi connectivity index (χ2v) is 13.0. The Morgan fingerprint density at radius 3 is 2.02 bits per heavy atom. The van der Waals surface area contributed by atoms with Crippen LogP contribution in [0.1, 0.15) is 95.4 Å². The summed E-state index contributed by atoms with van der Waals surface area (Å²) < 4.78 is 6.87. The van der Waals surface area contributed by atoms with Crippen LogP contribution >= 0.6 is 11.3 Å². The fraction of sp³-hybridized carbons (Fsp3) is 0.395. The molecule has 1 fully saturated rings. The predicted molar refractivity (Wildman–Crippen MR) is 187 cm³/mol. The molecule has 3 aromatic carbocycles. The molecule has 4 aromatic rings. The van der Waals surface area contributed by atoms with Crippen LogP contribution in [-0.2, 0) is 0 Å². The van der Waals surface area contributed by atoms with Crippen LogP contribution in [0.3, 0.4) is 0 Å². The standard InChI is InChI=1S/C38H45N3O4S/c1-3-5-20-39-37(43)29-12-10-28(11-13-29)36-34(32-19-16-30(26-33(32)46-36)38(44)40-21-6-4-2)35(42)27-14-17-31(18-15-27)45-25-24-41-22-8-7-9-23-41/h10-19,26H,3-9,20-25H2,1-2H3,(H,39,43)(H,40,44). The molecule has 46 heavy (non-hydrogen) atoms. The molecule has 0 radical (unpaired) electrons. The molecule has 0 atom stereocenters. The van der Waals surface area contributed by atoms with Gasteiger partial charge in [0.15, 0.2) is 5.78 Å². The molecule has 1 aliphatic heterocycles. The number of ether oxygens (including phenoxy) is 1. The molecular weight excluding hydrogens is 595 g/mol. The van der Waals surface area contributed by atoms with Gasteiger partial charge in [-0.3, -0.25) is 19.3 Å². The summed E-state index contributed by atoms with van der Waals surface area (Å²) in [5, 5.41) is 6.75. The number of piperidine rings is 1. The van der Waals surface area contributed by atoms with E-state index in [4.69, 9.17) is 4.74 Å². The number of hydrogen-bond donors (Lipinski definition) is 2. The zero-order chi connectivity index (χ0) is 32.3. The molecule has 242 valence electrons. The summed E-state index contributed by atoms with van der Waals surface area (Å²) in [6, 6.07) is 20.3. The number of amides is 2. The number of likely N-dealkylation sites (tertiary alicyclic amines) is 1. The van der Waals surface area contributed by atoms with Crippen LogP contribution in [0.25, 0.3) is 20.5 Å². The van der Waals surface area contributed by atoms with Gasteiger partial charge < -0.3 is 15.4 Å². The Morgan fingerprint density at radius 2 is 1.37 bits per heavy atom. The summed E-state index contributed by atoms with van der Waals surface area (Å²) in [4.78, 5) is 42.9. The first-order chi connectivity index (χ1) is 22.5. The first kappa shape index (κ1) is 33.4. The third kappa shape index (κ3) is 8.42. The van der Waals surface area contributed by atoms with Gasteiger partial charge in [-0.15, -0.1) is 11.3 Å². The highest BCUT2D eigenvalue weighted by atomic mass is 32.1. The lowest BCUT2D eigenvalue weighted by molar-refractivity contribution is 0.0945. The number of ketones is 1. The third-order valence-corrected chi connectivity index (χ3v) is 9.66. The van der Waals surface area contributed by atoms with Crippen molar-refractivity contribution in [2.45, 2.75) is 58.8 Å². The molecule has 1 aromatic heterocycles. The molecule has 8 heteroatoms. The van der Waals surface area contributed by atoms with Crippen molar-refractivity contribution < 1.29 is 19.1 Å². The first-order valence-corrected chi connectivity index (χ1v) is 17.5. The lowest BCUT2D eigenvalue weighted by atomic mass is 9.96. The Labute approximate surface area is 276 Å². The number of carbonyl (C=O) groups is 3. The van der Waals surface area contributed by atoms with Crippen LogP contribution in [0.2, 0.25) is 0 Å². The number of thiophene rings is 1. The monoisotopic (exact) mass is 639 g/mol. The van der Waals surface area contributed by atoms with Crippen LogP contribution in [-0.4, -0.2) is 61.8 Å². The van der Waals surface area contributed by atoms with E-state index < -0.39 is 0 Å². The highest BCUT2D eigenvalue weighted by Gasteiger charge is 2.23. The van der Waals surface area contributed by atoms with Crippen LogP contribution < -0.4 is 15.4 Å².